The van der Waals surface area contributed by atoms with Gasteiger partial charge in [0.1, 0.15) is 5.69 Å². The van der Waals surface area contributed by atoms with Crippen molar-refractivity contribution >= 4 is 28.9 Å². The molecule has 1 heterocycles. The molecule has 0 fully saturated rings. The fourth-order valence-electron chi connectivity index (χ4n) is 1.96. The number of carbonyl (C=O) groups is 1. The Morgan fingerprint density at radius 1 is 1.32 bits per heavy atom. The molecule has 2 aromatic rings. The lowest BCUT2D eigenvalue weighted by Gasteiger charge is -2.13. The van der Waals surface area contributed by atoms with Crippen molar-refractivity contribution in [3.8, 4) is 0 Å². The van der Waals surface area contributed by atoms with E-state index in [1.807, 2.05) is 45.0 Å². The topological polar surface area (TPSA) is 54.0 Å². The van der Waals surface area contributed by atoms with Gasteiger partial charge in [0.05, 0.1) is 0 Å². The smallest absolute Gasteiger partial charge is 0.270 e. The first-order valence-corrected chi connectivity index (χ1v) is 7.67. The molecule has 116 valence electrons. The molecule has 0 spiro atoms. The number of pyridine rings is 1. The van der Waals surface area contributed by atoms with Gasteiger partial charge < -0.3 is 10.6 Å². The number of anilines is 2. The minimum absolute atomic E-state index is 0.129. The first kappa shape index (κ1) is 16.3. The summed E-state index contributed by atoms with van der Waals surface area (Å²) in [6, 6.07) is 9.33. The molecule has 22 heavy (non-hydrogen) atoms. The molecular formula is C17H20ClN3O. The molecular weight excluding hydrogens is 298 g/mol. The predicted octanol–water partition coefficient (Wildman–Crippen LogP) is 4.32. The average molecular weight is 318 g/mol. The van der Waals surface area contributed by atoms with Crippen LogP contribution in [0.25, 0.3) is 0 Å². The van der Waals surface area contributed by atoms with Gasteiger partial charge in [0.25, 0.3) is 5.91 Å². The minimum atomic E-state index is -0.161. The molecule has 1 aromatic carbocycles. The Labute approximate surface area is 135 Å². The molecule has 4 nitrogen and oxygen atoms in total. The summed E-state index contributed by atoms with van der Waals surface area (Å²) in [5.41, 5.74) is 3.20. The van der Waals surface area contributed by atoms with Crippen LogP contribution >= 0.6 is 11.6 Å². The van der Waals surface area contributed by atoms with Gasteiger partial charge in [-0.3, -0.25) is 9.78 Å². The molecule has 0 aliphatic rings. The zero-order valence-corrected chi connectivity index (χ0v) is 13.7. The Kier molecular flexibility index (Phi) is 5.39. The maximum Gasteiger partial charge on any atom is 0.270 e. The first-order valence-electron chi connectivity index (χ1n) is 7.29. The average Bonchev–Trinajstić information content (AvgIpc) is 2.50. The van der Waals surface area contributed by atoms with Crippen molar-refractivity contribution in [2.45, 2.75) is 33.2 Å². The van der Waals surface area contributed by atoms with Crippen LogP contribution in [0, 0.1) is 6.92 Å². The highest BCUT2D eigenvalue weighted by Gasteiger charge is 2.10. The van der Waals surface area contributed by atoms with E-state index in [4.69, 9.17) is 11.6 Å². The van der Waals surface area contributed by atoms with Crippen molar-refractivity contribution < 1.29 is 4.79 Å². The second-order valence-corrected chi connectivity index (χ2v) is 5.73. The highest BCUT2D eigenvalue weighted by atomic mass is 35.5. The number of amides is 1. The van der Waals surface area contributed by atoms with Crippen LogP contribution in [0.1, 0.15) is 36.3 Å². The third-order valence-electron chi connectivity index (χ3n) is 3.45. The second-order valence-electron chi connectivity index (χ2n) is 5.30. The summed E-state index contributed by atoms with van der Waals surface area (Å²) in [6.45, 7) is 5.97. The van der Waals surface area contributed by atoms with Crippen LogP contribution in [-0.2, 0) is 0 Å². The number of nitrogens with one attached hydrogen (secondary N) is 2. The SMILES string of the molecule is CCC(C)NC(=O)c1cc(Nc2ccc(Cl)cc2C)ccn1. The molecule has 1 unspecified atom stereocenters. The number of halogens is 1. The molecule has 1 atom stereocenters. The monoisotopic (exact) mass is 317 g/mol. The predicted molar refractivity (Wildman–Crippen MR) is 90.9 cm³/mol. The van der Waals surface area contributed by atoms with Gasteiger partial charge in [-0.1, -0.05) is 18.5 Å². The van der Waals surface area contributed by atoms with Gasteiger partial charge in [-0.25, -0.2) is 0 Å². The number of carbonyl (C=O) groups excluding carboxylic acids is 1. The number of aryl methyl sites for hydroxylation is 1. The maximum atomic E-state index is 12.1. The summed E-state index contributed by atoms with van der Waals surface area (Å²) < 4.78 is 0. The van der Waals surface area contributed by atoms with E-state index < -0.39 is 0 Å². The van der Waals surface area contributed by atoms with Crippen LogP contribution in [0.5, 0.6) is 0 Å². The van der Waals surface area contributed by atoms with Crippen LogP contribution in [0.3, 0.4) is 0 Å². The van der Waals surface area contributed by atoms with E-state index >= 15 is 0 Å². The Bertz CT molecular complexity index is 673. The highest BCUT2D eigenvalue weighted by Crippen LogP contribution is 2.23. The van der Waals surface area contributed by atoms with Crippen LogP contribution in [0.15, 0.2) is 36.5 Å². The summed E-state index contributed by atoms with van der Waals surface area (Å²) in [6.07, 6.45) is 2.51. The van der Waals surface area contributed by atoms with Crippen LogP contribution in [-0.4, -0.2) is 16.9 Å². The molecule has 0 aliphatic carbocycles. The van der Waals surface area contributed by atoms with Crippen LogP contribution in [0.4, 0.5) is 11.4 Å². The highest BCUT2D eigenvalue weighted by molar-refractivity contribution is 6.30. The van der Waals surface area contributed by atoms with Gasteiger partial charge in [0.15, 0.2) is 0 Å². The molecule has 0 aliphatic heterocycles. The zero-order chi connectivity index (χ0) is 16.1. The number of rotatable bonds is 5. The Morgan fingerprint density at radius 3 is 2.77 bits per heavy atom. The van der Waals surface area contributed by atoms with Gasteiger partial charge in [0, 0.05) is 28.6 Å². The van der Waals surface area contributed by atoms with Crippen molar-refractivity contribution in [3.63, 3.8) is 0 Å². The summed E-state index contributed by atoms with van der Waals surface area (Å²) in [5.74, 6) is -0.161. The minimum Gasteiger partial charge on any atom is -0.355 e. The Balaban J connectivity index is 2.16. The van der Waals surface area contributed by atoms with Gasteiger partial charge in [-0.05, 0) is 56.2 Å². The van der Waals surface area contributed by atoms with E-state index in [0.29, 0.717) is 10.7 Å². The molecule has 0 saturated carbocycles. The molecule has 5 heteroatoms. The van der Waals surface area contributed by atoms with Crippen molar-refractivity contribution in [1.82, 2.24) is 10.3 Å². The fourth-order valence-corrected chi connectivity index (χ4v) is 2.18. The lowest BCUT2D eigenvalue weighted by atomic mass is 10.2. The summed E-state index contributed by atoms with van der Waals surface area (Å²) >= 11 is 5.96. The second kappa shape index (κ2) is 7.27. The molecule has 2 rings (SSSR count). The number of hydrogen-bond donors (Lipinski definition) is 2. The van der Waals surface area contributed by atoms with E-state index in [1.54, 1.807) is 12.3 Å². The van der Waals surface area contributed by atoms with Crippen molar-refractivity contribution in [2.75, 3.05) is 5.32 Å². The normalized spacial score (nSPS) is 11.8. The van der Waals surface area contributed by atoms with E-state index in [9.17, 15) is 4.79 Å². The molecule has 2 N–H and O–H groups in total. The number of benzene rings is 1. The lowest BCUT2D eigenvalue weighted by molar-refractivity contribution is 0.0934. The van der Waals surface area contributed by atoms with Crippen molar-refractivity contribution in [3.05, 3.63) is 52.8 Å². The summed E-state index contributed by atoms with van der Waals surface area (Å²) in [4.78, 5) is 16.2. The van der Waals surface area contributed by atoms with E-state index in [1.165, 1.54) is 0 Å². The lowest BCUT2D eigenvalue weighted by Crippen LogP contribution is -2.32. The van der Waals surface area contributed by atoms with Gasteiger partial charge in [0.2, 0.25) is 0 Å². The molecule has 0 radical (unpaired) electrons. The summed E-state index contributed by atoms with van der Waals surface area (Å²) in [5, 5.41) is 6.89. The number of hydrogen-bond acceptors (Lipinski definition) is 3. The number of nitrogens with zero attached hydrogens (tertiary/aromatic N) is 1. The van der Waals surface area contributed by atoms with E-state index in [-0.39, 0.29) is 11.9 Å². The van der Waals surface area contributed by atoms with E-state index in [0.717, 1.165) is 23.4 Å². The summed E-state index contributed by atoms with van der Waals surface area (Å²) in [7, 11) is 0. The van der Waals surface area contributed by atoms with Gasteiger partial charge in [-0.15, -0.1) is 0 Å². The first-order chi connectivity index (χ1) is 10.5. The third-order valence-corrected chi connectivity index (χ3v) is 3.68. The van der Waals surface area contributed by atoms with Crippen molar-refractivity contribution in [1.29, 1.82) is 0 Å². The number of aromatic nitrogens is 1. The van der Waals surface area contributed by atoms with Crippen molar-refractivity contribution in [2.24, 2.45) is 0 Å². The molecule has 0 saturated heterocycles. The van der Waals surface area contributed by atoms with Gasteiger partial charge >= 0.3 is 0 Å². The van der Waals surface area contributed by atoms with Crippen LogP contribution < -0.4 is 10.6 Å². The fraction of sp³-hybridized carbons (Fsp3) is 0.294. The van der Waals surface area contributed by atoms with Gasteiger partial charge in [-0.2, -0.15) is 0 Å². The Morgan fingerprint density at radius 2 is 2.09 bits per heavy atom. The van der Waals surface area contributed by atoms with Crippen LogP contribution in [0.2, 0.25) is 5.02 Å². The largest absolute Gasteiger partial charge is 0.355 e. The van der Waals surface area contributed by atoms with E-state index in [2.05, 4.69) is 15.6 Å². The molecule has 1 aromatic heterocycles. The molecule has 0 bridgehead atoms. The maximum absolute atomic E-state index is 12.1. The third kappa shape index (κ3) is 4.21. The quantitative estimate of drug-likeness (QED) is 0.863. The Hall–Kier alpha value is -2.07. The zero-order valence-electron chi connectivity index (χ0n) is 13.0. The standard InChI is InChI=1S/C17H20ClN3O/c1-4-12(3)20-17(22)16-10-14(7-8-19-16)21-15-6-5-13(18)9-11(15)2/h5-10,12H,4H2,1-3H3,(H,19,21)(H,20,22). The molecule has 1 amide bonds.